The number of piperidine rings is 1. The highest BCUT2D eigenvalue weighted by Gasteiger charge is 2.33. The van der Waals surface area contributed by atoms with Crippen LogP contribution < -0.4 is 10.5 Å². The summed E-state index contributed by atoms with van der Waals surface area (Å²) in [5.41, 5.74) is 1.26. The monoisotopic (exact) mass is 444 g/mol. The van der Waals surface area contributed by atoms with Gasteiger partial charge in [0.1, 0.15) is 21.8 Å². The fraction of sp³-hybridized carbons (Fsp3) is 0.545. The summed E-state index contributed by atoms with van der Waals surface area (Å²) in [7, 11) is 0. The summed E-state index contributed by atoms with van der Waals surface area (Å²) >= 11 is 6.64. The minimum Gasteiger partial charge on any atom is -0.357 e. The second kappa shape index (κ2) is 8.94. The van der Waals surface area contributed by atoms with E-state index in [0.29, 0.717) is 39.7 Å². The van der Waals surface area contributed by atoms with Crippen molar-refractivity contribution in [3.05, 3.63) is 31.9 Å². The van der Waals surface area contributed by atoms with E-state index in [4.69, 9.17) is 12.2 Å². The number of rotatable bonds is 4. The SMILES string of the molecule is CCN1C(=O)/C(=C\c2c(C)c(C#N)c(=O)n(CC)c2N2CC(C)CC(C)C2)SC1=S. The number of hydrogen-bond acceptors (Lipinski definition) is 6. The lowest BCUT2D eigenvalue weighted by Gasteiger charge is -2.38. The normalized spacial score (nSPS) is 23.4. The zero-order chi connectivity index (χ0) is 22.2. The van der Waals surface area contributed by atoms with Crippen molar-refractivity contribution in [2.45, 2.75) is 47.6 Å². The van der Waals surface area contributed by atoms with Crippen molar-refractivity contribution in [2.24, 2.45) is 11.8 Å². The Morgan fingerprint density at radius 3 is 2.33 bits per heavy atom. The summed E-state index contributed by atoms with van der Waals surface area (Å²) in [6, 6.07) is 2.08. The second-order valence-electron chi connectivity index (χ2n) is 8.18. The van der Waals surface area contributed by atoms with E-state index in [1.54, 1.807) is 16.4 Å². The molecule has 6 nitrogen and oxygen atoms in total. The molecule has 0 saturated carbocycles. The van der Waals surface area contributed by atoms with Gasteiger partial charge in [-0.15, -0.1) is 0 Å². The molecule has 3 heterocycles. The fourth-order valence-corrected chi connectivity index (χ4v) is 5.88. The van der Waals surface area contributed by atoms with Crippen LogP contribution >= 0.6 is 24.0 Å². The molecule has 2 aliphatic heterocycles. The predicted molar refractivity (Wildman–Crippen MR) is 127 cm³/mol. The van der Waals surface area contributed by atoms with Gasteiger partial charge in [0.05, 0.1) is 4.91 Å². The van der Waals surface area contributed by atoms with Gasteiger partial charge in [-0.2, -0.15) is 5.26 Å². The van der Waals surface area contributed by atoms with Crippen LogP contribution in [0.1, 0.15) is 50.8 Å². The molecule has 0 aliphatic carbocycles. The van der Waals surface area contributed by atoms with Crippen molar-refractivity contribution in [3.63, 3.8) is 0 Å². The van der Waals surface area contributed by atoms with Gasteiger partial charge in [-0.25, -0.2) is 0 Å². The van der Waals surface area contributed by atoms with Crippen molar-refractivity contribution in [1.29, 1.82) is 5.26 Å². The van der Waals surface area contributed by atoms with Crippen LogP contribution in [0.5, 0.6) is 0 Å². The standard InChI is InChI=1S/C22H28N4O2S2/c1-6-25-19(24-11-13(3)8-14(4)12-24)16(15(5)17(10-23)20(25)27)9-18-21(28)26(7-2)22(29)30-18/h9,13-14H,6-8,11-12H2,1-5H3/b18-9+. The topological polar surface area (TPSA) is 69.3 Å². The first-order chi connectivity index (χ1) is 14.2. The van der Waals surface area contributed by atoms with Crippen LogP contribution in [0.15, 0.2) is 9.70 Å². The van der Waals surface area contributed by atoms with Crippen LogP contribution in [-0.2, 0) is 11.3 Å². The Morgan fingerprint density at radius 2 is 1.83 bits per heavy atom. The molecule has 2 aliphatic rings. The number of nitriles is 1. The second-order valence-corrected chi connectivity index (χ2v) is 9.85. The Bertz CT molecular complexity index is 1010. The lowest BCUT2D eigenvalue weighted by Crippen LogP contribution is -2.42. The van der Waals surface area contributed by atoms with E-state index in [1.165, 1.54) is 11.8 Å². The lowest BCUT2D eigenvalue weighted by atomic mass is 9.91. The lowest BCUT2D eigenvalue weighted by molar-refractivity contribution is -0.121. The van der Waals surface area contributed by atoms with Gasteiger partial charge in [0, 0.05) is 31.7 Å². The van der Waals surface area contributed by atoms with E-state index in [1.807, 2.05) is 19.9 Å². The Balaban J connectivity index is 2.27. The highest BCUT2D eigenvalue weighted by atomic mass is 32.2. The summed E-state index contributed by atoms with van der Waals surface area (Å²) in [5.74, 6) is 1.68. The molecule has 30 heavy (non-hydrogen) atoms. The molecule has 3 rings (SSSR count). The van der Waals surface area contributed by atoms with Crippen LogP contribution in [0.3, 0.4) is 0 Å². The Labute approximate surface area is 187 Å². The predicted octanol–water partition coefficient (Wildman–Crippen LogP) is 3.75. The maximum absolute atomic E-state index is 13.1. The van der Waals surface area contributed by atoms with Crippen molar-refractivity contribution < 1.29 is 4.79 Å². The molecule has 1 amide bonds. The van der Waals surface area contributed by atoms with Crippen LogP contribution in [-0.4, -0.2) is 39.3 Å². The van der Waals surface area contributed by atoms with E-state index in [0.717, 1.165) is 30.9 Å². The summed E-state index contributed by atoms with van der Waals surface area (Å²) in [5, 5.41) is 9.67. The number of likely N-dealkylation sites (N-methyl/N-ethyl adjacent to an activating group) is 1. The molecule has 0 spiro atoms. The Hall–Kier alpha value is -2.11. The van der Waals surface area contributed by atoms with Gasteiger partial charge in [0.15, 0.2) is 0 Å². The summed E-state index contributed by atoms with van der Waals surface area (Å²) < 4.78 is 2.22. The average molecular weight is 445 g/mol. The van der Waals surface area contributed by atoms with Crippen molar-refractivity contribution in [1.82, 2.24) is 9.47 Å². The largest absolute Gasteiger partial charge is 0.357 e. The number of carbonyl (C=O) groups is 1. The van der Waals surface area contributed by atoms with Gasteiger partial charge in [-0.1, -0.05) is 37.8 Å². The summed E-state index contributed by atoms with van der Waals surface area (Å²) in [6.07, 6.45) is 2.97. The maximum atomic E-state index is 13.1. The van der Waals surface area contributed by atoms with Crippen LogP contribution in [0, 0.1) is 30.1 Å². The molecule has 2 atom stereocenters. The molecule has 1 aromatic rings. The molecule has 2 saturated heterocycles. The first-order valence-electron chi connectivity index (χ1n) is 10.4. The van der Waals surface area contributed by atoms with Crippen LogP contribution in [0.2, 0.25) is 0 Å². The third-order valence-corrected chi connectivity index (χ3v) is 7.17. The minimum atomic E-state index is -0.267. The van der Waals surface area contributed by atoms with Crippen molar-refractivity contribution >= 4 is 46.1 Å². The van der Waals surface area contributed by atoms with Gasteiger partial charge < -0.3 is 4.90 Å². The molecular formula is C22H28N4O2S2. The van der Waals surface area contributed by atoms with Gasteiger partial charge in [0.2, 0.25) is 0 Å². The highest BCUT2D eigenvalue weighted by Crippen LogP contribution is 2.37. The third-order valence-electron chi connectivity index (χ3n) is 5.80. The van der Waals surface area contributed by atoms with Crippen LogP contribution in [0.4, 0.5) is 5.82 Å². The number of anilines is 1. The molecule has 8 heteroatoms. The number of hydrogen-bond donors (Lipinski definition) is 0. The Kier molecular flexibility index (Phi) is 6.73. The molecule has 0 bridgehead atoms. The van der Waals surface area contributed by atoms with Crippen molar-refractivity contribution in [2.75, 3.05) is 24.5 Å². The van der Waals surface area contributed by atoms with Gasteiger partial charge in [0.25, 0.3) is 11.5 Å². The van der Waals surface area contributed by atoms with Gasteiger partial charge >= 0.3 is 0 Å². The molecule has 160 valence electrons. The smallest absolute Gasteiger partial charge is 0.270 e. The average Bonchev–Trinajstić information content (AvgIpc) is 2.95. The zero-order valence-electron chi connectivity index (χ0n) is 18.2. The van der Waals surface area contributed by atoms with Crippen molar-refractivity contribution in [3.8, 4) is 6.07 Å². The van der Waals surface area contributed by atoms with Crippen LogP contribution in [0.25, 0.3) is 6.08 Å². The highest BCUT2D eigenvalue weighted by molar-refractivity contribution is 8.26. The van der Waals surface area contributed by atoms with E-state index in [9.17, 15) is 14.9 Å². The summed E-state index contributed by atoms with van der Waals surface area (Å²) in [6.45, 7) is 12.7. The molecule has 0 N–H and O–H groups in total. The number of nitrogens with zero attached hydrogens (tertiary/aromatic N) is 4. The first-order valence-corrected chi connectivity index (χ1v) is 11.6. The zero-order valence-corrected chi connectivity index (χ0v) is 19.8. The first kappa shape index (κ1) is 22.6. The van der Waals surface area contributed by atoms with Gasteiger partial charge in [-0.05, 0) is 50.7 Å². The van der Waals surface area contributed by atoms with E-state index < -0.39 is 0 Å². The Morgan fingerprint density at radius 1 is 1.20 bits per heavy atom. The number of pyridine rings is 1. The quantitative estimate of drug-likeness (QED) is 0.520. The number of thioether (sulfide) groups is 1. The minimum absolute atomic E-state index is 0.119. The van der Waals surface area contributed by atoms with E-state index in [2.05, 4.69) is 24.8 Å². The van der Waals surface area contributed by atoms with E-state index in [-0.39, 0.29) is 17.0 Å². The molecule has 0 aromatic carbocycles. The molecule has 0 radical (unpaired) electrons. The number of aromatic nitrogens is 1. The van der Waals surface area contributed by atoms with E-state index >= 15 is 0 Å². The fourth-order valence-electron chi connectivity index (χ4n) is 4.52. The maximum Gasteiger partial charge on any atom is 0.270 e. The number of carbonyl (C=O) groups excluding carboxylic acids is 1. The molecular weight excluding hydrogens is 416 g/mol. The third kappa shape index (κ3) is 3.93. The summed E-state index contributed by atoms with van der Waals surface area (Å²) in [4.78, 5) is 30.3. The molecule has 2 fully saturated rings. The molecule has 1 aromatic heterocycles. The number of thiocarbonyl (C=S) groups is 1. The number of amides is 1. The molecule has 2 unspecified atom stereocenters. The van der Waals surface area contributed by atoms with Gasteiger partial charge in [-0.3, -0.25) is 19.1 Å².